The average molecular weight is 268 g/mol. The Morgan fingerprint density at radius 2 is 1.95 bits per heavy atom. The Kier molecular flexibility index (Phi) is 7.87. The maximum Gasteiger partial charge on any atom is 0.193 e. The molecule has 1 N–H and O–H groups in total. The highest BCUT2D eigenvalue weighted by atomic mass is 15.3. The Hall–Kier alpha value is -0.770. The number of hydrogen-bond donors (Lipinski definition) is 1. The average Bonchev–Trinajstić information content (AvgIpc) is 2.90. The SMILES string of the molecule is CCNC(=NCCCCN(C)C(C)C)N1CCCC1. The Labute approximate surface area is 119 Å². The Balaban J connectivity index is 2.23. The second kappa shape index (κ2) is 9.18. The van der Waals surface area contributed by atoms with E-state index in [2.05, 4.69) is 42.9 Å². The molecular weight excluding hydrogens is 236 g/mol. The number of guanidine groups is 1. The van der Waals surface area contributed by atoms with Gasteiger partial charge in [0.15, 0.2) is 5.96 Å². The summed E-state index contributed by atoms with van der Waals surface area (Å²) in [6, 6.07) is 0.644. The van der Waals surface area contributed by atoms with E-state index in [1.807, 2.05) is 0 Å². The van der Waals surface area contributed by atoms with Crippen LogP contribution < -0.4 is 5.32 Å². The first-order chi connectivity index (χ1) is 9.15. The minimum Gasteiger partial charge on any atom is -0.357 e. The third kappa shape index (κ3) is 6.28. The van der Waals surface area contributed by atoms with E-state index >= 15 is 0 Å². The molecule has 1 aliphatic heterocycles. The van der Waals surface area contributed by atoms with E-state index < -0.39 is 0 Å². The number of nitrogens with zero attached hydrogens (tertiary/aromatic N) is 3. The topological polar surface area (TPSA) is 30.9 Å². The second-order valence-corrected chi connectivity index (χ2v) is 5.71. The van der Waals surface area contributed by atoms with Crippen LogP contribution in [0.4, 0.5) is 0 Å². The van der Waals surface area contributed by atoms with Crippen molar-refractivity contribution in [2.24, 2.45) is 4.99 Å². The van der Waals surface area contributed by atoms with E-state index in [9.17, 15) is 0 Å². The first-order valence-corrected chi connectivity index (χ1v) is 7.88. The number of unbranched alkanes of at least 4 members (excludes halogenated alkanes) is 1. The van der Waals surface area contributed by atoms with Crippen molar-refractivity contribution in [1.29, 1.82) is 0 Å². The largest absolute Gasteiger partial charge is 0.357 e. The van der Waals surface area contributed by atoms with Crippen LogP contribution in [0.2, 0.25) is 0 Å². The molecule has 0 aromatic heterocycles. The van der Waals surface area contributed by atoms with E-state index in [1.54, 1.807) is 0 Å². The van der Waals surface area contributed by atoms with Crippen LogP contribution in [0.3, 0.4) is 0 Å². The molecule has 0 unspecified atom stereocenters. The second-order valence-electron chi connectivity index (χ2n) is 5.71. The maximum atomic E-state index is 4.75. The van der Waals surface area contributed by atoms with E-state index in [1.165, 1.54) is 45.3 Å². The third-order valence-electron chi connectivity index (χ3n) is 3.80. The highest BCUT2D eigenvalue weighted by Gasteiger charge is 2.14. The summed E-state index contributed by atoms with van der Waals surface area (Å²) in [5.41, 5.74) is 0. The van der Waals surface area contributed by atoms with Gasteiger partial charge in [0.25, 0.3) is 0 Å². The van der Waals surface area contributed by atoms with Gasteiger partial charge in [-0.1, -0.05) is 0 Å². The summed E-state index contributed by atoms with van der Waals surface area (Å²) in [7, 11) is 2.20. The predicted molar refractivity (Wildman–Crippen MR) is 83.8 cm³/mol. The van der Waals surface area contributed by atoms with Crippen LogP contribution in [0.5, 0.6) is 0 Å². The summed E-state index contributed by atoms with van der Waals surface area (Å²) in [5.74, 6) is 1.12. The maximum absolute atomic E-state index is 4.75. The Morgan fingerprint density at radius 1 is 1.26 bits per heavy atom. The van der Waals surface area contributed by atoms with Gasteiger partial charge in [0.2, 0.25) is 0 Å². The van der Waals surface area contributed by atoms with Gasteiger partial charge in [0.05, 0.1) is 0 Å². The van der Waals surface area contributed by atoms with Crippen molar-refractivity contribution < 1.29 is 0 Å². The van der Waals surface area contributed by atoms with Crippen molar-refractivity contribution in [3.8, 4) is 0 Å². The Bertz CT molecular complexity index is 257. The van der Waals surface area contributed by atoms with Crippen LogP contribution >= 0.6 is 0 Å². The van der Waals surface area contributed by atoms with Gasteiger partial charge >= 0.3 is 0 Å². The molecule has 4 heteroatoms. The van der Waals surface area contributed by atoms with Crippen molar-refractivity contribution in [2.45, 2.75) is 52.5 Å². The van der Waals surface area contributed by atoms with Gasteiger partial charge in [-0.2, -0.15) is 0 Å². The molecular formula is C15H32N4. The predicted octanol–water partition coefficient (Wildman–Crippen LogP) is 2.17. The standard InChI is InChI=1S/C15H32N4/c1-5-16-15(19-12-8-9-13-19)17-10-6-7-11-18(4)14(2)3/h14H,5-13H2,1-4H3,(H,16,17). The molecule has 1 saturated heterocycles. The molecule has 0 amide bonds. The van der Waals surface area contributed by atoms with Crippen molar-refractivity contribution in [2.75, 3.05) is 39.8 Å². The molecule has 1 fully saturated rings. The lowest BCUT2D eigenvalue weighted by Crippen LogP contribution is -2.39. The fraction of sp³-hybridized carbons (Fsp3) is 0.933. The molecule has 0 aromatic carbocycles. The molecule has 0 aromatic rings. The highest BCUT2D eigenvalue weighted by Crippen LogP contribution is 2.07. The van der Waals surface area contributed by atoms with Gasteiger partial charge in [-0.25, -0.2) is 0 Å². The number of nitrogens with one attached hydrogen (secondary N) is 1. The molecule has 4 nitrogen and oxygen atoms in total. The Morgan fingerprint density at radius 3 is 2.53 bits per heavy atom. The van der Waals surface area contributed by atoms with Crippen LogP contribution in [0, 0.1) is 0 Å². The monoisotopic (exact) mass is 268 g/mol. The van der Waals surface area contributed by atoms with Crippen LogP contribution in [0.1, 0.15) is 46.5 Å². The quantitative estimate of drug-likeness (QED) is 0.436. The first kappa shape index (κ1) is 16.3. The zero-order valence-corrected chi connectivity index (χ0v) is 13.3. The van der Waals surface area contributed by atoms with Gasteiger partial charge in [-0.05, 0) is 60.0 Å². The zero-order chi connectivity index (χ0) is 14.1. The zero-order valence-electron chi connectivity index (χ0n) is 13.3. The van der Waals surface area contributed by atoms with Gasteiger partial charge in [0, 0.05) is 32.2 Å². The van der Waals surface area contributed by atoms with Crippen molar-refractivity contribution in [3.63, 3.8) is 0 Å². The normalized spacial score (nSPS) is 16.7. The molecule has 1 heterocycles. The molecule has 0 spiro atoms. The molecule has 0 radical (unpaired) electrons. The van der Waals surface area contributed by atoms with E-state index in [-0.39, 0.29) is 0 Å². The van der Waals surface area contributed by atoms with E-state index in [4.69, 9.17) is 4.99 Å². The molecule has 0 bridgehead atoms. The molecule has 0 aliphatic carbocycles. The lowest BCUT2D eigenvalue weighted by molar-refractivity contribution is 0.269. The molecule has 1 rings (SSSR count). The summed E-state index contributed by atoms with van der Waals surface area (Å²) in [5, 5.41) is 3.41. The van der Waals surface area contributed by atoms with Crippen LogP contribution in [-0.4, -0.2) is 61.6 Å². The molecule has 19 heavy (non-hydrogen) atoms. The molecule has 112 valence electrons. The minimum absolute atomic E-state index is 0.644. The fourth-order valence-corrected chi connectivity index (χ4v) is 2.27. The van der Waals surface area contributed by atoms with Gasteiger partial charge in [0.1, 0.15) is 0 Å². The van der Waals surface area contributed by atoms with Gasteiger partial charge < -0.3 is 15.1 Å². The summed E-state index contributed by atoms with van der Waals surface area (Å²) in [6.07, 6.45) is 5.03. The number of likely N-dealkylation sites (tertiary alicyclic amines) is 1. The van der Waals surface area contributed by atoms with Crippen LogP contribution in [0.15, 0.2) is 4.99 Å². The summed E-state index contributed by atoms with van der Waals surface area (Å²) in [6.45, 7) is 12.1. The molecule has 1 aliphatic rings. The first-order valence-electron chi connectivity index (χ1n) is 7.88. The lowest BCUT2D eigenvalue weighted by Gasteiger charge is -2.21. The van der Waals surface area contributed by atoms with E-state index in [0.717, 1.165) is 19.0 Å². The highest BCUT2D eigenvalue weighted by molar-refractivity contribution is 5.80. The third-order valence-corrected chi connectivity index (χ3v) is 3.80. The van der Waals surface area contributed by atoms with Crippen molar-refractivity contribution in [3.05, 3.63) is 0 Å². The van der Waals surface area contributed by atoms with Gasteiger partial charge in [-0.3, -0.25) is 4.99 Å². The summed E-state index contributed by atoms with van der Waals surface area (Å²) < 4.78 is 0. The number of hydrogen-bond acceptors (Lipinski definition) is 2. The van der Waals surface area contributed by atoms with Crippen molar-refractivity contribution >= 4 is 5.96 Å². The van der Waals surface area contributed by atoms with Gasteiger partial charge in [-0.15, -0.1) is 0 Å². The summed E-state index contributed by atoms with van der Waals surface area (Å²) in [4.78, 5) is 9.54. The van der Waals surface area contributed by atoms with E-state index in [0.29, 0.717) is 6.04 Å². The number of rotatable bonds is 7. The minimum atomic E-state index is 0.644. The van der Waals surface area contributed by atoms with Crippen LogP contribution in [-0.2, 0) is 0 Å². The van der Waals surface area contributed by atoms with Crippen LogP contribution in [0.25, 0.3) is 0 Å². The van der Waals surface area contributed by atoms with Crippen molar-refractivity contribution in [1.82, 2.24) is 15.1 Å². The fourth-order valence-electron chi connectivity index (χ4n) is 2.27. The molecule has 0 saturated carbocycles. The number of aliphatic imine (C=N–C) groups is 1. The lowest BCUT2D eigenvalue weighted by atomic mass is 10.2. The smallest absolute Gasteiger partial charge is 0.193 e. The summed E-state index contributed by atoms with van der Waals surface area (Å²) >= 11 is 0. The molecule has 0 atom stereocenters.